The Morgan fingerprint density at radius 1 is 1.16 bits per heavy atom. The van der Waals surface area contributed by atoms with Crippen molar-refractivity contribution < 1.29 is 17.6 Å². The monoisotopic (exact) mass is 458 g/mol. The molecule has 1 aromatic heterocycles. The van der Waals surface area contributed by atoms with Crippen LogP contribution >= 0.6 is 0 Å². The van der Waals surface area contributed by atoms with Gasteiger partial charge in [0.1, 0.15) is 16.8 Å². The van der Waals surface area contributed by atoms with E-state index in [1.807, 2.05) is 6.08 Å². The van der Waals surface area contributed by atoms with Gasteiger partial charge in [0, 0.05) is 37.2 Å². The molecule has 0 aliphatic carbocycles. The molecule has 4 rings (SSSR count). The van der Waals surface area contributed by atoms with E-state index >= 15 is 0 Å². The summed E-state index contributed by atoms with van der Waals surface area (Å²) in [6.45, 7) is 1.41. The number of sulfonamides is 1. The number of carbonyl (C=O) groups excluding carboxylic acids is 1. The van der Waals surface area contributed by atoms with Gasteiger partial charge in [0.05, 0.1) is 5.36 Å². The first-order valence-electron chi connectivity index (χ1n) is 11.0. The Balaban J connectivity index is 1.16. The van der Waals surface area contributed by atoms with Gasteiger partial charge in [0.25, 0.3) is 0 Å². The molecule has 1 unspecified atom stereocenters. The fourth-order valence-corrected chi connectivity index (χ4v) is 5.78. The summed E-state index contributed by atoms with van der Waals surface area (Å²) in [5.74, 6) is -0.369. The second-order valence-electron chi connectivity index (χ2n) is 8.24. The molecular formula is C23H27FN4O3S. The fourth-order valence-electron chi connectivity index (χ4n) is 4.24. The van der Waals surface area contributed by atoms with E-state index < -0.39 is 21.9 Å². The van der Waals surface area contributed by atoms with E-state index in [1.165, 1.54) is 28.6 Å². The summed E-state index contributed by atoms with van der Waals surface area (Å²) < 4.78 is 40.7. The molecule has 0 saturated carbocycles. The number of hydrogen-bond donors (Lipinski definition) is 1. The van der Waals surface area contributed by atoms with Crippen LogP contribution in [0, 0.1) is 11.7 Å². The number of amides is 1. The quantitative estimate of drug-likeness (QED) is 0.605. The van der Waals surface area contributed by atoms with Crippen molar-refractivity contribution in [3.05, 3.63) is 59.1 Å². The van der Waals surface area contributed by atoms with Crippen LogP contribution < -0.4 is 15.9 Å². The molecule has 3 heterocycles. The number of aromatic nitrogens is 1. The van der Waals surface area contributed by atoms with Crippen LogP contribution in [0.5, 0.6) is 0 Å². The molecule has 9 heteroatoms. The highest BCUT2D eigenvalue weighted by atomic mass is 32.2. The van der Waals surface area contributed by atoms with E-state index in [1.54, 1.807) is 18.5 Å². The average molecular weight is 459 g/mol. The molecule has 1 saturated heterocycles. The normalized spacial score (nSPS) is 19.1. The zero-order valence-corrected chi connectivity index (χ0v) is 18.6. The van der Waals surface area contributed by atoms with E-state index in [-0.39, 0.29) is 10.8 Å². The third-order valence-corrected chi connectivity index (χ3v) is 8.01. The third-order valence-electron chi connectivity index (χ3n) is 6.08. The number of hydrogen-bond acceptors (Lipinski definition) is 5. The van der Waals surface area contributed by atoms with Crippen molar-refractivity contribution in [2.24, 2.45) is 10.9 Å². The molecule has 0 spiro atoms. The SMILES string of the molecule is O=C(NCCCCC1CCN(S(=O)(=O)c2ccccc2F)CC1)C1C=c2cnccc2=N1. The van der Waals surface area contributed by atoms with Gasteiger partial charge >= 0.3 is 0 Å². The van der Waals surface area contributed by atoms with Crippen molar-refractivity contribution in [2.75, 3.05) is 19.6 Å². The Morgan fingerprint density at radius 2 is 1.94 bits per heavy atom. The Morgan fingerprint density at radius 3 is 2.69 bits per heavy atom. The maximum atomic E-state index is 13.9. The lowest BCUT2D eigenvalue weighted by atomic mass is 9.92. The lowest BCUT2D eigenvalue weighted by Gasteiger charge is -2.31. The van der Waals surface area contributed by atoms with E-state index in [9.17, 15) is 17.6 Å². The average Bonchev–Trinajstić information content (AvgIpc) is 3.24. The summed E-state index contributed by atoms with van der Waals surface area (Å²) in [6.07, 6.45) is 9.53. The van der Waals surface area contributed by atoms with Crippen LogP contribution in [-0.4, -0.2) is 49.3 Å². The summed E-state index contributed by atoms with van der Waals surface area (Å²) in [5, 5.41) is 4.62. The van der Waals surface area contributed by atoms with Crippen LogP contribution in [0.2, 0.25) is 0 Å². The van der Waals surface area contributed by atoms with Gasteiger partial charge in [-0.2, -0.15) is 4.31 Å². The van der Waals surface area contributed by atoms with Crippen LogP contribution in [0.1, 0.15) is 32.1 Å². The molecule has 1 amide bonds. The van der Waals surface area contributed by atoms with E-state index in [0.717, 1.165) is 42.7 Å². The lowest BCUT2D eigenvalue weighted by Crippen LogP contribution is -2.38. The second-order valence-corrected chi connectivity index (χ2v) is 10.1. The Kier molecular flexibility index (Phi) is 6.95. The smallest absolute Gasteiger partial charge is 0.248 e. The van der Waals surface area contributed by atoms with Gasteiger partial charge in [0.15, 0.2) is 0 Å². The standard InChI is InChI=1S/C23H27FN4O3S/c24-19-6-1-2-7-22(19)32(30,31)28-13-9-17(10-14-28)5-3-4-11-26-23(29)21-15-18-16-25-12-8-20(18)27-21/h1-2,6-8,12,15-17,21H,3-5,9-11,13-14H2,(H,26,29). The zero-order chi connectivity index (χ0) is 22.6. The minimum atomic E-state index is -3.79. The predicted octanol–water partition coefficient (Wildman–Crippen LogP) is 1.39. The van der Waals surface area contributed by atoms with Gasteiger partial charge in [-0.1, -0.05) is 25.0 Å². The zero-order valence-electron chi connectivity index (χ0n) is 17.8. The molecule has 2 aliphatic rings. The topological polar surface area (TPSA) is 91.7 Å². The van der Waals surface area contributed by atoms with Crippen LogP contribution in [0.3, 0.4) is 0 Å². The number of carbonyl (C=O) groups is 1. The molecule has 2 aromatic rings. The minimum Gasteiger partial charge on any atom is -0.354 e. The van der Waals surface area contributed by atoms with Crippen LogP contribution in [0.25, 0.3) is 6.08 Å². The van der Waals surface area contributed by atoms with Crippen molar-refractivity contribution in [3.8, 4) is 0 Å². The lowest BCUT2D eigenvalue weighted by molar-refractivity contribution is -0.121. The van der Waals surface area contributed by atoms with Crippen molar-refractivity contribution >= 4 is 22.0 Å². The maximum Gasteiger partial charge on any atom is 0.248 e. The summed E-state index contributed by atoms with van der Waals surface area (Å²) in [6, 6.07) is 6.82. The number of piperidine rings is 1. The van der Waals surface area contributed by atoms with Gasteiger partial charge in [-0.15, -0.1) is 0 Å². The maximum absolute atomic E-state index is 13.9. The molecule has 1 atom stereocenters. The number of fused-ring (bicyclic) bond motifs is 1. The number of rotatable bonds is 8. The highest BCUT2D eigenvalue weighted by Gasteiger charge is 2.30. The highest BCUT2D eigenvalue weighted by Crippen LogP contribution is 2.27. The molecule has 1 N–H and O–H groups in total. The number of benzene rings is 1. The van der Waals surface area contributed by atoms with Crippen molar-refractivity contribution in [3.63, 3.8) is 0 Å². The largest absolute Gasteiger partial charge is 0.354 e. The van der Waals surface area contributed by atoms with Crippen molar-refractivity contribution in [2.45, 2.75) is 43.0 Å². The number of unbranched alkanes of at least 4 members (excludes halogenated alkanes) is 1. The number of pyridine rings is 1. The highest BCUT2D eigenvalue weighted by molar-refractivity contribution is 7.89. The van der Waals surface area contributed by atoms with Crippen LogP contribution in [0.15, 0.2) is 52.6 Å². The van der Waals surface area contributed by atoms with Gasteiger partial charge in [0.2, 0.25) is 15.9 Å². The van der Waals surface area contributed by atoms with Gasteiger partial charge in [-0.05, 0) is 49.5 Å². The van der Waals surface area contributed by atoms with Crippen molar-refractivity contribution in [1.82, 2.24) is 14.6 Å². The predicted molar refractivity (Wildman–Crippen MR) is 118 cm³/mol. The van der Waals surface area contributed by atoms with E-state index in [0.29, 0.717) is 25.6 Å². The first-order valence-corrected chi connectivity index (χ1v) is 12.4. The molecule has 170 valence electrons. The van der Waals surface area contributed by atoms with E-state index in [4.69, 9.17) is 0 Å². The Labute approximate surface area is 187 Å². The summed E-state index contributed by atoms with van der Waals surface area (Å²) in [4.78, 5) is 20.5. The van der Waals surface area contributed by atoms with E-state index in [2.05, 4.69) is 15.3 Å². The van der Waals surface area contributed by atoms with Crippen LogP contribution in [-0.2, 0) is 14.8 Å². The molecule has 2 aliphatic heterocycles. The summed E-state index contributed by atoms with van der Waals surface area (Å²) >= 11 is 0. The Hall–Kier alpha value is -2.65. The van der Waals surface area contributed by atoms with Gasteiger partial charge in [-0.25, -0.2) is 12.8 Å². The van der Waals surface area contributed by atoms with Crippen molar-refractivity contribution in [1.29, 1.82) is 0 Å². The molecule has 1 fully saturated rings. The van der Waals surface area contributed by atoms with Crippen LogP contribution in [0.4, 0.5) is 4.39 Å². The Bertz CT molecular complexity index is 1160. The number of nitrogens with one attached hydrogen (secondary N) is 1. The first-order chi connectivity index (χ1) is 15.4. The molecule has 32 heavy (non-hydrogen) atoms. The number of halogens is 1. The molecule has 0 bridgehead atoms. The summed E-state index contributed by atoms with van der Waals surface area (Å²) in [5.41, 5.74) is 0. The van der Waals surface area contributed by atoms with Gasteiger partial charge < -0.3 is 5.32 Å². The number of nitrogens with zero attached hydrogens (tertiary/aromatic N) is 3. The first kappa shape index (κ1) is 22.5. The summed E-state index contributed by atoms with van der Waals surface area (Å²) in [7, 11) is -3.79. The third kappa shape index (κ3) is 5.05. The molecule has 1 aromatic carbocycles. The molecule has 0 radical (unpaired) electrons. The van der Waals surface area contributed by atoms with Gasteiger partial charge in [-0.3, -0.25) is 14.8 Å². The molecule has 7 nitrogen and oxygen atoms in total. The fraction of sp³-hybridized carbons (Fsp3) is 0.435. The second kappa shape index (κ2) is 9.87. The molecular weight excluding hydrogens is 431 g/mol. The minimum absolute atomic E-state index is 0.104.